The number of benzene rings is 1. The first kappa shape index (κ1) is 9.56. The normalized spacial score (nSPS) is 11.6. The molecule has 0 saturated carbocycles. The van der Waals surface area contributed by atoms with E-state index in [1.807, 2.05) is 0 Å². The molecule has 15 heavy (non-hydrogen) atoms. The van der Waals surface area contributed by atoms with E-state index in [2.05, 4.69) is 4.98 Å². The molecule has 1 aromatic carbocycles. The number of allylic oxidation sites excluding steroid dienone is 1. The van der Waals surface area contributed by atoms with Gasteiger partial charge in [-0.25, -0.2) is 4.98 Å². The number of fused-ring (bicyclic) bond motifs is 1. The first-order valence-corrected chi connectivity index (χ1v) is 4.43. The Morgan fingerprint density at radius 1 is 1.60 bits per heavy atom. The molecule has 5 heteroatoms. The fourth-order valence-electron chi connectivity index (χ4n) is 1.15. The number of aliphatic hydroxyl groups excluding tert-OH is 1. The Hall–Kier alpha value is -1.99. The highest BCUT2D eigenvalue weighted by Gasteiger charge is 2.10. The summed E-state index contributed by atoms with van der Waals surface area (Å²) in [7, 11) is 0. The maximum Gasteiger partial charge on any atom is 0.241 e. The molecule has 0 aliphatic carbocycles. The van der Waals surface area contributed by atoms with Crippen molar-refractivity contribution in [2.45, 2.75) is 0 Å². The maximum absolute atomic E-state index is 8.75. The van der Waals surface area contributed by atoms with Crippen LogP contribution < -0.4 is 0 Å². The van der Waals surface area contributed by atoms with Crippen LogP contribution in [0.2, 0.25) is 5.02 Å². The van der Waals surface area contributed by atoms with Crippen molar-refractivity contribution in [3.63, 3.8) is 0 Å². The van der Waals surface area contributed by atoms with E-state index < -0.39 is 0 Å². The van der Waals surface area contributed by atoms with Crippen molar-refractivity contribution in [2.24, 2.45) is 0 Å². The smallest absolute Gasteiger partial charge is 0.241 e. The van der Waals surface area contributed by atoms with E-state index in [0.29, 0.717) is 22.4 Å². The van der Waals surface area contributed by atoms with Gasteiger partial charge in [0, 0.05) is 5.02 Å². The van der Waals surface area contributed by atoms with Crippen molar-refractivity contribution in [3.05, 3.63) is 35.4 Å². The lowest BCUT2D eigenvalue weighted by Crippen LogP contribution is -1.79. The average Bonchev–Trinajstić information content (AvgIpc) is 2.62. The summed E-state index contributed by atoms with van der Waals surface area (Å²) in [4.78, 5) is 4.01. The van der Waals surface area contributed by atoms with Gasteiger partial charge in [0.1, 0.15) is 23.4 Å². The van der Waals surface area contributed by atoms with E-state index in [9.17, 15) is 0 Å². The van der Waals surface area contributed by atoms with Gasteiger partial charge in [0.2, 0.25) is 5.89 Å². The van der Waals surface area contributed by atoms with Crippen LogP contribution in [0.25, 0.3) is 16.7 Å². The van der Waals surface area contributed by atoms with Crippen molar-refractivity contribution in [1.29, 1.82) is 5.26 Å². The average molecular weight is 221 g/mol. The third-order valence-corrected chi connectivity index (χ3v) is 2.06. The van der Waals surface area contributed by atoms with Gasteiger partial charge >= 0.3 is 0 Å². The van der Waals surface area contributed by atoms with Crippen LogP contribution >= 0.6 is 11.6 Å². The number of rotatable bonds is 1. The molecule has 2 aromatic rings. The largest absolute Gasteiger partial charge is 0.514 e. The molecule has 0 aliphatic heterocycles. The molecule has 1 aromatic heterocycles. The first-order valence-electron chi connectivity index (χ1n) is 4.05. The minimum Gasteiger partial charge on any atom is -0.514 e. The molecule has 0 aliphatic rings. The summed E-state index contributed by atoms with van der Waals surface area (Å²) in [5.41, 5.74) is 1.04. The minimum atomic E-state index is -0.0256. The van der Waals surface area contributed by atoms with E-state index in [0.717, 1.165) is 0 Å². The quantitative estimate of drug-likeness (QED) is 0.593. The monoisotopic (exact) mass is 220 g/mol. The predicted octanol–water partition coefficient (Wildman–Crippen LogP) is 2.90. The van der Waals surface area contributed by atoms with E-state index in [1.165, 1.54) is 0 Å². The van der Waals surface area contributed by atoms with Gasteiger partial charge in [0.25, 0.3) is 0 Å². The zero-order chi connectivity index (χ0) is 10.8. The van der Waals surface area contributed by atoms with E-state index >= 15 is 0 Å². The number of aliphatic hydroxyl groups is 1. The maximum atomic E-state index is 8.75. The summed E-state index contributed by atoms with van der Waals surface area (Å²) in [5.74, 6) is 0.0808. The third-order valence-electron chi connectivity index (χ3n) is 1.83. The fourth-order valence-corrected chi connectivity index (χ4v) is 1.31. The molecule has 0 unspecified atom stereocenters. The highest BCUT2D eigenvalue weighted by atomic mass is 35.5. The Balaban J connectivity index is 2.62. The van der Waals surface area contributed by atoms with Crippen LogP contribution in [-0.2, 0) is 0 Å². The zero-order valence-corrected chi connectivity index (χ0v) is 8.19. The molecular weight excluding hydrogens is 216 g/mol. The lowest BCUT2D eigenvalue weighted by atomic mass is 10.3. The van der Waals surface area contributed by atoms with Gasteiger partial charge in [0.05, 0.1) is 0 Å². The number of nitrogens with zero attached hydrogens (tertiary/aromatic N) is 2. The first-order chi connectivity index (χ1) is 7.24. The van der Waals surface area contributed by atoms with Crippen molar-refractivity contribution in [1.82, 2.24) is 4.98 Å². The molecule has 74 valence electrons. The van der Waals surface area contributed by atoms with Gasteiger partial charge in [-0.15, -0.1) is 0 Å². The van der Waals surface area contributed by atoms with Crippen molar-refractivity contribution in [3.8, 4) is 6.07 Å². The number of hydrogen-bond donors (Lipinski definition) is 1. The Morgan fingerprint density at radius 2 is 2.40 bits per heavy atom. The molecular formula is C10H5ClN2O2. The number of oxazole rings is 1. The second kappa shape index (κ2) is 3.64. The number of aromatic nitrogens is 1. The molecule has 4 nitrogen and oxygen atoms in total. The summed E-state index contributed by atoms with van der Waals surface area (Å²) in [5, 5.41) is 17.9. The lowest BCUT2D eigenvalue weighted by Gasteiger charge is -1.86. The van der Waals surface area contributed by atoms with Gasteiger partial charge in [-0.1, -0.05) is 11.6 Å². The summed E-state index contributed by atoms with van der Waals surface area (Å²) >= 11 is 5.76. The molecule has 2 rings (SSSR count). The van der Waals surface area contributed by atoms with Crippen LogP contribution in [0.5, 0.6) is 0 Å². The van der Waals surface area contributed by atoms with Crippen LogP contribution in [0.3, 0.4) is 0 Å². The molecule has 1 N–H and O–H groups in total. The Kier molecular flexibility index (Phi) is 2.32. The number of hydrogen-bond acceptors (Lipinski definition) is 4. The molecule has 0 amide bonds. The van der Waals surface area contributed by atoms with Gasteiger partial charge < -0.3 is 9.52 Å². The molecule has 0 spiro atoms. The molecule has 0 atom stereocenters. The van der Waals surface area contributed by atoms with E-state index in [4.69, 9.17) is 26.4 Å². The van der Waals surface area contributed by atoms with Gasteiger partial charge in [-0.3, -0.25) is 0 Å². The van der Waals surface area contributed by atoms with Crippen LogP contribution in [0, 0.1) is 11.3 Å². The van der Waals surface area contributed by atoms with Crippen LogP contribution in [0.1, 0.15) is 5.89 Å². The topological polar surface area (TPSA) is 70.0 Å². The SMILES string of the molecule is N#C/C(=C\O)c1nc2cc(Cl)ccc2o1. The number of nitriles is 1. The summed E-state index contributed by atoms with van der Waals surface area (Å²) < 4.78 is 5.25. The van der Waals surface area contributed by atoms with Crippen LogP contribution in [0.4, 0.5) is 0 Å². The highest BCUT2D eigenvalue weighted by molar-refractivity contribution is 6.31. The summed E-state index contributed by atoms with van der Waals surface area (Å²) in [6, 6.07) is 6.70. The fraction of sp³-hybridized carbons (Fsp3) is 0. The highest BCUT2D eigenvalue weighted by Crippen LogP contribution is 2.23. The van der Waals surface area contributed by atoms with E-state index in [-0.39, 0.29) is 11.5 Å². The minimum absolute atomic E-state index is 0.0256. The lowest BCUT2D eigenvalue weighted by molar-refractivity contribution is 0.473. The zero-order valence-electron chi connectivity index (χ0n) is 7.44. The van der Waals surface area contributed by atoms with E-state index in [1.54, 1.807) is 24.3 Å². The second-order valence-corrected chi connectivity index (χ2v) is 3.22. The number of halogens is 1. The van der Waals surface area contributed by atoms with Gasteiger partial charge in [0.15, 0.2) is 5.58 Å². The molecule has 0 saturated heterocycles. The molecule has 0 fully saturated rings. The van der Waals surface area contributed by atoms with Gasteiger partial charge in [-0.05, 0) is 18.2 Å². The Labute approximate surface area is 90.0 Å². The van der Waals surface area contributed by atoms with Crippen LogP contribution in [-0.4, -0.2) is 10.1 Å². The summed E-state index contributed by atoms with van der Waals surface area (Å²) in [6.45, 7) is 0. The van der Waals surface area contributed by atoms with Crippen molar-refractivity contribution in [2.75, 3.05) is 0 Å². The van der Waals surface area contributed by atoms with Gasteiger partial charge in [-0.2, -0.15) is 5.26 Å². The van der Waals surface area contributed by atoms with Crippen molar-refractivity contribution < 1.29 is 9.52 Å². The Bertz CT molecular complexity index is 581. The third kappa shape index (κ3) is 1.65. The summed E-state index contributed by atoms with van der Waals surface area (Å²) in [6.07, 6.45) is 0.659. The predicted molar refractivity (Wildman–Crippen MR) is 55.2 cm³/mol. The molecule has 0 radical (unpaired) electrons. The molecule has 1 heterocycles. The van der Waals surface area contributed by atoms with Crippen LogP contribution in [0.15, 0.2) is 28.9 Å². The second-order valence-electron chi connectivity index (χ2n) is 2.79. The van der Waals surface area contributed by atoms with Crippen molar-refractivity contribution >= 4 is 28.3 Å². The Morgan fingerprint density at radius 3 is 3.07 bits per heavy atom. The molecule has 0 bridgehead atoms. The standard InChI is InChI=1S/C10H5ClN2O2/c11-7-1-2-9-8(3-7)13-10(15-9)6(4-12)5-14/h1-3,5,14H/b6-5+.